The van der Waals surface area contributed by atoms with Gasteiger partial charge in [-0.1, -0.05) is 0 Å². The first-order valence-electron chi connectivity index (χ1n) is 2.88. The van der Waals surface area contributed by atoms with Crippen LogP contribution in [-0.2, 0) is 14.6 Å². The van der Waals surface area contributed by atoms with Crippen molar-refractivity contribution in [3.05, 3.63) is 10.5 Å². The summed E-state index contributed by atoms with van der Waals surface area (Å²) in [7, 11) is -3.14. The number of hydrogen-bond acceptors (Lipinski definition) is 3. The molecule has 0 saturated heterocycles. The van der Waals surface area contributed by atoms with E-state index in [9.17, 15) is 13.2 Å². The van der Waals surface area contributed by atoms with Gasteiger partial charge in [0.05, 0.1) is 5.75 Å². The zero-order valence-electron chi connectivity index (χ0n) is 5.84. The Labute approximate surface area is 59.7 Å². The smallest absolute Gasteiger partial charge is 0.185 e. The Balaban J connectivity index is 3.19. The minimum atomic E-state index is -3.14. The van der Waals surface area contributed by atoms with Crippen LogP contribution in [-0.4, -0.2) is 20.0 Å². The van der Waals surface area contributed by atoms with Crippen LogP contribution in [0.3, 0.4) is 0 Å². The first-order chi connectivity index (χ1) is 4.45. The zero-order valence-corrected chi connectivity index (χ0v) is 6.66. The molecule has 0 atom stereocenters. The molecular weight excluding hydrogens is 152 g/mol. The number of hydrogen-bond donors (Lipinski definition) is 0. The maximum Gasteiger partial charge on any atom is 0.185 e. The van der Waals surface area contributed by atoms with Crippen LogP contribution in [0.25, 0.3) is 0 Å². The second kappa shape index (κ2) is 1.92. The summed E-state index contributed by atoms with van der Waals surface area (Å²) in [5.41, 5.74) is 0.688. The fraction of sp³-hybridized carbons (Fsp3) is 0.500. The Morgan fingerprint density at radius 3 is 2.10 bits per heavy atom. The second-order valence-corrected chi connectivity index (χ2v) is 4.35. The normalized spacial score (nSPS) is 22.2. The Hall–Kier alpha value is -0.640. The minimum Gasteiger partial charge on any atom is -0.294 e. The predicted octanol–water partition coefficient (Wildman–Crippen LogP) is 0.278. The van der Waals surface area contributed by atoms with Crippen LogP contribution in [0.2, 0.25) is 0 Å². The molecule has 56 valence electrons. The highest BCUT2D eigenvalue weighted by atomic mass is 32.2. The fourth-order valence-corrected chi connectivity index (χ4v) is 2.78. The predicted molar refractivity (Wildman–Crippen MR) is 37.2 cm³/mol. The number of allylic oxidation sites excluding steroid dienone is 1. The van der Waals surface area contributed by atoms with Crippen molar-refractivity contribution in [3.8, 4) is 0 Å². The monoisotopic (exact) mass is 160 g/mol. The Morgan fingerprint density at radius 1 is 1.50 bits per heavy atom. The molecule has 4 heteroatoms. The topological polar surface area (TPSA) is 51.2 Å². The van der Waals surface area contributed by atoms with Gasteiger partial charge in [-0.15, -0.1) is 0 Å². The molecule has 1 aliphatic heterocycles. The first kappa shape index (κ1) is 7.47. The average Bonchev–Trinajstić information content (AvgIpc) is 1.58. The van der Waals surface area contributed by atoms with Crippen molar-refractivity contribution in [2.45, 2.75) is 13.8 Å². The van der Waals surface area contributed by atoms with Crippen LogP contribution < -0.4 is 0 Å². The van der Waals surface area contributed by atoms with Gasteiger partial charge in [0.25, 0.3) is 0 Å². The quantitative estimate of drug-likeness (QED) is 0.553. The third kappa shape index (κ3) is 0.883. The van der Waals surface area contributed by atoms with Gasteiger partial charge in [-0.2, -0.15) is 0 Å². The molecule has 0 bridgehead atoms. The summed E-state index contributed by atoms with van der Waals surface area (Å²) in [5.74, 6) is -0.286. The van der Waals surface area contributed by atoms with Crippen LogP contribution >= 0.6 is 0 Å². The standard InChI is InChI=1S/C6H8O3S/c1-4-3-10(8,9)6(4)5(2)7/h3H2,1-2H3. The fourth-order valence-electron chi connectivity index (χ4n) is 1.13. The lowest BCUT2D eigenvalue weighted by atomic mass is 10.2. The highest BCUT2D eigenvalue weighted by Crippen LogP contribution is 2.26. The second-order valence-electron chi connectivity index (χ2n) is 2.42. The van der Waals surface area contributed by atoms with E-state index in [2.05, 4.69) is 0 Å². The van der Waals surface area contributed by atoms with Crippen LogP contribution in [0.15, 0.2) is 10.5 Å². The molecule has 0 radical (unpaired) electrons. The maximum absolute atomic E-state index is 10.8. The zero-order chi connectivity index (χ0) is 7.94. The molecule has 1 aliphatic rings. The number of carbonyl (C=O) groups excluding carboxylic acids is 1. The summed E-state index contributed by atoms with van der Waals surface area (Å²) in [4.78, 5) is 10.6. The molecule has 0 aromatic carbocycles. The van der Waals surface area contributed by atoms with E-state index in [4.69, 9.17) is 0 Å². The lowest BCUT2D eigenvalue weighted by Gasteiger charge is -2.18. The number of sulfone groups is 1. The van der Waals surface area contributed by atoms with Gasteiger partial charge in [0.2, 0.25) is 0 Å². The van der Waals surface area contributed by atoms with E-state index in [0.717, 1.165) is 0 Å². The van der Waals surface area contributed by atoms with E-state index in [1.54, 1.807) is 6.92 Å². The van der Waals surface area contributed by atoms with Crippen molar-refractivity contribution in [2.24, 2.45) is 0 Å². The van der Waals surface area contributed by atoms with Crippen molar-refractivity contribution < 1.29 is 13.2 Å². The molecule has 1 rings (SSSR count). The van der Waals surface area contributed by atoms with Crippen LogP contribution in [0.5, 0.6) is 0 Å². The minimum absolute atomic E-state index is 0.0208. The third-order valence-corrected chi connectivity index (χ3v) is 3.50. The summed E-state index contributed by atoms with van der Waals surface area (Å²) >= 11 is 0. The van der Waals surface area contributed by atoms with Crippen molar-refractivity contribution in [2.75, 3.05) is 5.75 Å². The molecule has 1 heterocycles. The third-order valence-electron chi connectivity index (χ3n) is 1.42. The van der Waals surface area contributed by atoms with E-state index in [1.807, 2.05) is 0 Å². The van der Waals surface area contributed by atoms with Gasteiger partial charge in [0.15, 0.2) is 15.6 Å². The van der Waals surface area contributed by atoms with Gasteiger partial charge in [-0.25, -0.2) is 8.42 Å². The molecule has 0 N–H and O–H groups in total. The van der Waals surface area contributed by atoms with E-state index in [-0.39, 0.29) is 16.4 Å². The summed E-state index contributed by atoms with van der Waals surface area (Å²) in [6.45, 7) is 2.94. The number of ketones is 1. The molecule has 0 spiro atoms. The maximum atomic E-state index is 10.8. The summed E-state index contributed by atoms with van der Waals surface area (Å²) < 4.78 is 21.6. The highest BCUT2D eigenvalue weighted by Gasteiger charge is 2.34. The van der Waals surface area contributed by atoms with Gasteiger partial charge >= 0.3 is 0 Å². The van der Waals surface area contributed by atoms with Gasteiger partial charge in [-0.05, 0) is 19.4 Å². The summed E-state index contributed by atoms with van der Waals surface area (Å²) in [6.07, 6.45) is 0. The van der Waals surface area contributed by atoms with Gasteiger partial charge in [-0.3, -0.25) is 4.79 Å². The van der Waals surface area contributed by atoms with E-state index < -0.39 is 9.84 Å². The van der Waals surface area contributed by atoms with E-state index in [1.165, 1.54) is 6.92 Å². The lowest BCUT2D eigenvalue weighted by molar-refractivity contribution is -0.113. The molecule has 0 aromatic rings. The Kier molecular flexibility index (Phi) is 1.43. The number of rotatable bonds is 1. The largest absolute Gasteiger partial charge is 0.294 e. The molecule has 10 heavy (non-hydrogen) atoms. The molecular formula is C6H8O3S. The Morgan fingerprint density at radius 2 is 2.00 bits per heavy atom. The van der Waals surface area contributed by atoms with Gasteiger partial charge in [0.1, 0.15) is 4.91 Å². The van der Waals surface area contributed by atoms with Crippen molar-refractivity contribution in [1.82, 2.24) is 0 Å². The molecule has 3 nitrogen and oxygen atoms in total. The molecule has 0 aliphatic carbocycles. The highest BCUT2D eigenvalue weighted by molar-refractivity contribution is 7.97. The van der Waals surface area contributed by atoms with Gasteiger partial charge in [0, 0.05) is 0 Å². The van der Waals surface area contributed by atoms with E-state index >= 15 is 0 Å². The average molecular weight is 160 g/mol. The van der Waals surface area contributed by atoms with Crippen molar-refractivity contribution in [1.29, 1.82) is 0 Å². The number of carbonyl (C=O) groups is 1. The van der Waals surface area contributed by atoms with Gasteiger partial charge < -0.3 is 0 Å². The SMILES string of the molecule is CC(=O)C1=C(C)CS1(=O)=O. The van der Waals surface area contributed by atoms with E-state index in [0.29, 0.717) is 5.57 Å². The summed E-state index contributed by atoms with van der Waals surface area (Å²) in [5, 5.41) is 0. The number of Topliss-reactive ketones (excluding diaryl/α,β-unsaturated/α-hetero) is 1. The van der Waals surface area contributed by atoms with Crippen LogP contribution in [0, 0.1) is 0 Å². The van der Waals surface area contributed by atoms with Crippen LogP contribution in [0.1, 0.15) is 13.8 Å². The molecule has 0 unspecified atom stereocenters. The molecule has 0 amide bonds. The first-order valence-corrected chi connectivity index (χ1v) is 4.54. The summed E-state index contributed by atoms with van der Waals surface area (Å²) in [6, 6.07) is 0. The van der Waals surface area contributed by atoms with Crippen molar-refractivity contribution >= 4 is 15.6 Å². The molecule has 0 saturated carbocycles. The molecule has 0 fully saturated rings. The van der Waals surface area contributed by atoms with Crippen molar-refractivity contribution in [3.63, 3.8) is 0 Å². The Bertz CT molecular complexity index is 308. The lowest BCUT2D eigenvalue weighted by Crippen LogP contribution is -2.27. The van der Waals surface area contributed by atoms with Crippen LogP contribution in [0.4, 0.5) is 0 Å². The molecule has 0 aromatic heterocycles.